The summed E-state index contributed by atoms with van der Waals surface area (Å²) < 4.78 is 33.2. The van der Waals surface area contributed by atoms with Gasteiger partial charge in [0, 0.05) is 22.8 Å². The molecule has 3 aromatic carbocycles. The summed E-state index contributed by atoms with van der Waals surface area (Å²) in [6.45, 7) is 0. The van der Waals surface area contributed by atoms with Gasteiger partial charge in [-0.3, -0.25) is 14.5 Å². The maximum Gasteiger partial charge on any atom is 0.261 e. The van der Waals surface area contributed by atoms with E-state index in [0.29, 0.717) is 28.0 Å². The lowest BCUT2D eigenvalue weighted by atomic mass is 10.1. The van der Waals surface area contributed by atoms with Gasteiger partial charge < -0.3 is 10.1 Å². The van der Waals surface area contributed by atoms with E-state index in [0.717, 1.165) is 0 Å². The molecule has 156 valence electrons. The van der Waals surface area contributed by atoms with Gasteiger partial charge in [-0.1, -0.05) is 24.3 Å². The molecule has 1 heterocycles. The molecular weight excluding hydrogens is 414 g/mol. The number of nitrogens with zero attached hydrogens (tertiary/aromatic N) is 1. The van der Waals surface area contributed by atoms with Crippen LogP contribution >= 0.6 is 0 Å². The molecule has 4 aromatic rings. The summed E-state index contributed by atoms with van der Waals surface area (Å²) in [6.07, 6.45) is 1.59. The van der Waals surface area contributed by atoms with Gasteiger partial charge >= 0.3 is 0 Å². The molecule has 0 aliphatic rings. The zero-order valence-corrected chi connectivity index (χ0v) is 17.4. The predicted octanol–water partition coefficient (Wildman–Crippen LogP) is 4.30. The number of benzene rings is 3. The van der Waals surface area contributed by atoms with E-state index in [-0.39, 0.29) is 10.5 Å². The van der Waals surface area contributed by atoms with Crippen molar-refractivity contribution in [2.75, 3.05) is 17.1 Å². The van der Waals surface area contributed by atoms with Gasteiger partial charge in [0.1, 0.15) is 5.75 Å². The van der Waals surface area contributed by atoms with Gasteiger partial charge in [0.25, 0.3) is 15.9 Å². The average Bonchev–Trinajstić information content (AvgIpc) is 2.79. The zero-order valence-electron chi connectivity index (χ0n) is 16.6. The second-order valence-electron chi connectivity index (χ2n) is 6.70. The summed E-state index contributed by atoms with van der Waals surface area (Å²) in [6, 6.07) is 21.5. The fourth-order valence-electron chi connectivity index (χ4n) is 3.08. The van der Waals surface area contributed by atoms with Crippen molar-refractivity contribution in [1.82, 2.24) is 4.98 Å². The number of rotatable bonds is 6. The average molecular weight is 433 g/mol. The molecule has 0 bridgehead atoms. The monoisotopic (exact) mass is 433 g/mol. The van der Waals surface area contributed by atoms with E-state index < -0.39 is 15.9 Å². The summed E-state index contributed by atoms with van der Waals surface area (Å²) in [5, 5.41) is 3.54. The minimum Gasteiger partial charge on any atom is -0.497 e. The Bertz CT molecular complexity index is 1360. The number of hydrogen-bond donors (Lipinski definition) is 2. The summed E-state index contributed by atoms with van der Waals surface area (Å²) >= 11 is 0. The van der Waals surface area contributed by atoms with Crippen molar-refractivity contribution < 1.29 is 17.9 Å². The topological polar surface area (TPSA) is 97.4 Å². The SMILES string of the molecule is COc1ccc2nccc(NC(=O)c3cccc(S(=O)(=O)Nc4ccccc4)c3)c2c1. The number of carbonyl (C=O) groups excluding carboxylic acids is 1. The Morgan fingerprint density at radius 1 is 0.935 bits per heavy atom. The number of sulfonamides is 1. The molecule has 4 rings (SSSR count). The van der Waals surface area contributed by atoms with E-state index in [4.69, 9.17) is 4.74 Å². The largest absolute Gasteiger partial charge is 0.497 e. The Morgan fingerprint density at radius 3 is 2.52 bits per heavy atom. The number of nitrogens with one attached hydrogen (secondary N) is 2. The van der Waals surface area contributed by atoms with E-state index in [1.165, 1.54) is 18.2 Å². The van der Waals surface area contributed by atoms with Gasteiger partial charge in [-0.05, 0) is 54.6 Å². The van der Waals surface area contributed by atoms with Crippen LogP contribution in [0.5, 0.6) is 5.75 Å². The first kappa shape index (κ1) is 20.4. The molecule has 8 heteroatoms. The van der Waals surface area contributed by atoms with Crippen LogP contribution in [0, 0.1) is 0 Å². The zero-order chi connectivity index (χ0) is 21.8. The van der Waals surface area contributed by atoms with E-state index in [2.05, 4.69) is 15.0 Å². The quantitative estimate of drug-likeness (QED) is 0.473. The highest BCUT2D eigenvalue weighted by atomic mass is 32.2. The van der Waals surface area contributed by atoms with Gasteiger partial charge in [-0.15, -0.1) is 0 Å². The third-order valence-corrected chi connectivity index (χ3v) is 6.01. The van der Waals surface area contributed by atoms with Crippen LogP contribution in [0.3, 0.4) is 0 Å². The van der Waals surface area contributed by atoms with E-state index in [9.17, 15) is 13.2 Å². The number of aromatic nitrogens is 1. The van der Waals surface area contributed by atoms with Gasteiger partial charge in [-0.2, -0.15) is 0 Å². The number of fused-ring (bicyclic) bond motifs is 1. The summed E-state index contributed by atoms with van der Waals surface area (Å²) in [5.41, 5.74) is 1.89. The van der Waals surface area contributed by atoms with Crippen LogP contribution in [-0.2, 0) is 10.0 Å². The van der Waals surface area contributed by atoms with Crippen LogP contribution in [0.4, 0.5) is 11.4 Å². The molecule has 0 aliphatic heterocycles. The van der Waals surface area contributed by atoms with Crippen LogP contribution in [0.2, 0.25) is 0 Å². The lowest BCUT2D eigenvalue weighted by Gasteiger charge is -2.11. The van der Waals surface area contributed by atoms with Crippen molar-refractivity contribution in [3.8, 4) is 5.75 Å². The standard InChI is InChI=1S/C23H19N3O4S/c1-30-18-10-11-21-20(15-18)22(12-13-24-21)25-23(27)16-6-5-9-19(14-16)31(28,29)26-17-7-3-2-4-8-17/h2-15,26H,1H3,(H,24,25,27). The molecule has 0 aliphatic carbocycles. The number of carbonyl (C=O) groups is 1. The third-order valence-electron chi connectivity index (χ3n) is 4.63. The van der Waals surface area contributed by atoms with Crippen molar-refractivity contribution in [3.63, 3.8) is 0 Å². The number of ether oxygens (including phenoxy) is 1. The number of pyridine rings is 1. The van der Waals surface area contributed by atoms with Crippen LogP contribution in [0.1, 0.15) is 10.4 Å². The fraction of sp³-hybridized carbons (Fsp3) is 0.0435. The molecular formula is C23H19N3O4S. The van der Waals surface area contributed by atoms with E-state index in [1.54, 1.807) is 74.0 Å². The number of anilines is 2. The highest BCUT2D eigenvalue weighted by Crippen LogP contribution is 2.26. The van der Waals surface area contributed by atoms with Gasteiger partial charge in [0.05, 0.1) is 23.2 Å². The molecule has 0 unspecified atom stereocenters. The number of para-hydroxylation sites is 1. The Kier molecular flexibility index (Phi) is 5.55. The minimum absolute atomic E-state index is 0.00902. The molecule has 0 fully saturated rings. The van der Waals surface area contributed by atoms with Crippen LogP contribution in [0.25, 0.3) is 10.9 Å². The third kappa shape index (κ3) is 4.49. The second kappa shape index (κ2) is 8.45. The first-order valence-electron chi connectivity index (χ1n) is 9.38. The molecule has 0 saturated carbocycles. The highest BCUT2D eigenvalue weighted by Gasteiger charge is 2.17. The minimum atomic E-state index is -3.84. The maximum atomic E-state index is 12.9. The van der Waals surface area contributed by atoms with Crippen molar-refractivity contribution in [3.05, 3.63) is 90.6 Å². The molecule has 1 amide bonds. The number of hydrogen-bond acceptors (Lipinski definition) is 5. The fourth-order valence-corrected chi connectivity index (χ4v) is 4.18. The number of amides is 1. The summed E-state index contributed by atoms with van der Waals surface area (Å²) in [7, 11) is -2.28. The first-order chi connectivity index (χ1) is 15.0. The summed E-state index contributed by atoms with van der Waals surface area (Å²) in [5.74, 6) is 0.197. The predicted molar refractivity (Wildman–Crippen MR) is 120 cm³/mol. The van der Waals surface area contributed by atoms with E-state index in [1.807, 2.05) is 0 Å². The normalized spacial score (nSPS) is 11.1. The molecule has 0 spiro atoms. The van der Waals surface area contributed by atoms with Gasteiger partial charge in [-0.25, -0.2) is 8.42 Å². The molecule has 0 radical (unpaired) electrons. The summed E-state index contributed by atoms with van der Waals surface area (Å²) in [4.78, 5) is 17.2. The van der Waals surface area contributed by atoms with Crippen molar-refractivity contribution in [1.29, 1.82) is 0 Å². The van der Waals surface area contributed by atoms with Gasteiger partial charge in [0.2, 0.25) is 0 Å². The molecule has 7 nitrogen and oxygen atoms in total. The van der Waals surface area contributed by atoms with Crippen LogP contribution in [0.15, 0.2) is 90.0 Å². The molecule has 2 N–H and O–H groups in total. The lowest BCUT2D eigenvalue weighted by molar-refractivity contribution is 0.102. The first-order valence-corrected chi connectivity index (χ1v) is 10.9. The van der Waals surface area contributed by atoms with Crippen molar-refractivity contribution in [2.45, 2.75) is 4.90 Å². The Labute approximate surface area is 179 Å². The van der Waals surface area contributed by atoms with Gasteiger partial charge in [0.15, 0.2) is 0 Å². The van der Waals surface area contributed by atoms with E-state index >= 15 is 0 Å². The Balaban J connectivity index is 1.61. The highest BCUT2D eigenvalue weighted by molar-refractivity contribution is 7.92. The van der Waals surface area contributed by atoms with Crippen molar-refractivity contribution >= 4 is 38.2 Å². The molecule has 0 atom stereocenters. The van der Waals surface area contributed by atoms with Crippen LogP contribution in [-0.4, -0.2) is 26.4 Å². The Morgan fingerprint density at radius 2 is 1.74 bits per heavy atom. The smallest absolute Gasteiger partial charge is 0.261 e. The number of methoxy groups -OCH3 is 1. The van der Waals surface area contributed by atoms with Crippen molar-refractivity contribution in [2.24, 2.45) is 0 Å². The lowest BCUT2D eigenvalue weighted by Crippen LogP contribution is -2.16. The molecule has 31 heavy (non-hydrogen) atoms. The van der Waals surface area contributed by atoms with Crippen LogP contribution < -0.4 is 14.8 Å². The Hall–Kier alpha value is -3.91. The maximum absolute atomic E-state index is 12.9. The molecule has 0 saturated heterocycles. The second-order valence-corrected chi connectivity index (χ2v) is 8.38. The molecule has 1 aromatic heterocycles.